The van der Waals surface area contributed by atoms with Crippen LogP contribution in [0.2, 0.25) is 0 Å². The lowest BCUT2D eigenvalue weighted by Crippen LogP contribution is -2.04. The van der Waals surface area contributed by atoms with Gasteiger partial charge in [-0.25, -0.2) is 22.2 Å². The van der Waals surface area contributed by atoms with Gasteiger partial charge in [-0.2, -0.15) is 5.26 Å². The van der Waals surface area contributed by atoms with Gasteiger partial charge in [0.25, 0.3) is 15.5 Å². The summed E-state index contributed by atoms with van der Waals surface area (Å²) in [7, 11) is 1.83. The lowest BCUT2D eigenvalue weighted by atomic mass is 10.2. The molecule has 0 radical (unpaired) electrons. The molecule has 92 valence electrons. The maximum Gasteiger partial charge on any atom is 0.266 e. The summed E-state index contributed by atoms with van der Waals surface area (Å²) >= 11 is 0. The van der Waals surface area contributed by atoms with E-state index in [0.29, 0.717) is 6.07 Å². The highest BCUT2D eigenvalue weighted by atomic mass is 35.7. The Balaban J connectivity index is 3.64. The number of ether oxygens (including phenoxy) is 1. The molecule has 5 nitrogen and oxygen atoms in total. The molecule has 0 aliphatic heterocycles. The van der Waals surface area contributed by atoms with E-state index in [0.717, 1.165) is 7.11 Å². The Hall–Kier alpha value is -1.46. The van der Waals surface area contributed by atoms with Gasteiger partial charge < -0.3 is 4.74 Å². The lowest BCUT2D eigenvalue weighted by molar-refractivity contribution is 0.150. The van der Waals surface area contributed by atoms with E-state index >= 15 is 0 Å². The first kappa shape index (κ1) is 13.6. The van der Waals surface area contributed by atoms with Gasteiger partial charge in [-0.3, -0.25) is 0 Å². The van der Waals surface area contributed by atoms with Crippen molar-refractivity contribution in [1.82, 2.24) is 4.98 Å². The van der Waals surface area contributed by atoms with E-state index in [1.165, 1.54) is 6.07 Å². The minimum Gasteiger partial charge on any atom is -0.480 e. The Morgan fingerprint density at radius 1 is 1.59 bits per heavy atom. The van der Waals surface area contributed by atoms with Gasteiger partial charge in [0.05, 0.1) is 12.7 Å². The van der Waals surface area contributed by atoms with E-state index in [4.69, 9.17) is 15.9 Å². The highest BCUT2D eigenvalue weighted by Gasteiger charge is 2.25. The van der Waals surface area contributed by atoms with Crippen LogP contribution in [0.15, 0.2) is 11.0 Å². The molecule has 0 saturated carbocycles. The fourth-order valence-corrected chi connectivity index (χ4v) is 2.01. The summed E-state index contributed by atoms with van der Waals surface area (Å²) in [5, 5.41) is 8.60. The number of hydrogen-bond acceptors (Lipinski definition) is 5. The van der Waals surface area contributed by atoms with Crippen molar-refractivity contribution in [3.05, 3.63) is 17.3 Å². The minimum absolute atomic E-state index is 0.499. The molecule has 0 spiro atoms. The summed E-state index contributed by atoms with van der Waals surface area (Å²) < 4.78 is 51.9. The quantitative estimate of drug-likeness (QED) is 0.790. The van der Waals surface area contributed by atoms with Gasteiger partial charge in [-0.1, -0.05) is 0 Å². The standard InChI is InChI=1S/C8H5ClF2N2O3S/c1-16-8-6(17(9,14)15)2-4(7(10)11)5(3-12)13-8/h2,7H,1H3. The fraction of sp³-hybridized carbons (Fsp3) is 0.250. The molecule has 0 unspecified atom stereocenters. The largest absolute Gasteiger partial charge is 0.480 e. The third kappa shape index (κ3) is 2.81. The summed E-state index contributed by atoms with van der Waals surface area (Å²) in [5.74, 6) is -0.499. The molecule has 0 amide bonds. The molecular formula is C8H5ClF2N2O3S. The van der Waals surface area contributed by atoms with E-state index in [1.54, 1.807) is 0 Å². The number of methoxy groups -OCH3 is 1. The number of nitrogens with zero attached hydrogens (tertiary/aromatic N) is 2. The van der Waals surface area contributed by atoms with E-state index in [-0.39, 0.29) is 0 Å². The topological polar surface area (TPSA) is 80.0 Å². The van der Waals surface area contributed by atoms with Crippen LogP contribution in [-0.4, -0.2) is 20.5 Å². The zero-order valence-corrected chi connectivity index (χ0v) is 9.89. The van der Waals surface area contributed by atoms with Crippen LogP contribution in [0.3, 0.4) is 0 Å². The second-order valence-electron chi connectivity index (χ2n) is 2.78. The van der Waals surface area contributed by atoms with Crippen LogP contribution in [0, 0.1) is 11.3 Å². The highest BCUT2D eigenvalue weighted by Crippen LogP contribution is 2.31. The monoisotopic (exact) mass is 282 g/mol. The molecule has 1 aromatic heterocycles. The zero-order chi connectivity index (χ0) is 13.2. The fourth-order valence-electron chi connectivity index (χ4n) is 1.07. The smallest absolute Gasteiger partial charge is 0.266 e. The van der Waals surface area contributed by atoms with Crippen LogP contribution in [0.25, 0.3) is 0 Å². The van der Waals surface area contributed by atoms with Crippen molar-refractivity contribution < 1.29 is 21.9 Å². The molecule has 0 aliphatic rings. The number of aromatic nitrogens is 1. The molecule has 0 bridgehead atoms. The molecule has 1 heterocycles. The van der Waals surface area contributed by atoms with E-state index in [9.17, 15) is 17.2 Å². The first-order chi connectivity index (χ1) is 7.81. The molecule has 9 heteroatoms. The van der Waals surface area contributed by atoms with Gasteiger partial charge in [0.2, 0.25) is 5.88 Å². The molecule has 0 atom stereocenters. The van der Waals surface area contributed by atoms with Gasteiger partial charge in [0.15, 0.2) is 5.69 Å². The number of hydrogen-bond donors (Lipinski definition) is 0. The molecule has 0 aliphatic carbocycles. The van der Waals surface area contributed by atoms with Gasteiger partial charge in [0.1, 0.15) is 11.0 Å². The summed E-state index contributed by atoms with van der Waals surface area (Å²) in [4.78, 5) is 2.67. The van der Waals surface area contributed by atoms with Gasteiger partial charge in [-0.15, -0.1) is 0 Å². The van der Waals surface area contributed by atoms with Crippen molar-refractivity contribution in [3.8, 4) is 11.9 Å². The van der Waals surface area contributed by atoms with Crippen molar-refractivity contribution in [2.24, 2.45) is 0 Å². The van der Waals surface area contributed by atoms with Crippen LogP contribution in [0.1, 0.15) is 17.7 Å². The maximum absolute atomic E-state index is 12.5. The van der Waals surface area contributed by atoms with Crippen LogP contribution in [0.4, 0.5) is 8.78 Å². The first-order valence-electron chi connectivity index (χ1n) is 4.03. The second kappa shape index (κ2) is 4.81. The Morgan fingerprint density at radius 3 is 2.53 bits per heavy atom. The second-order valence-corrected chi connectivity index (χ2v) is 5.32. The number of alkyl halides is 2. The predicted octanol–water partition coefficient (Wildman–Crippen LogP) is 1.83. The third-order valence-corrected chi connectivity index (χ3v) is 3.10. The van der Waals surface area contributed by atoms with Crippen molar-refractivity contribution in [3.63, 3.8) is 0 Å². The predicted molar refractivity (Wildman–Crippen MR) is 53.5 cm³/mol. The summed E-state index contributed by atoms with van der Waals surface area (Å²) in [6.45, 7) is 0. The van der Waals surface area contributed by atoms with Crippen LogP contribution >= 0.6 is 10.7 Å². The molecular weight excluding hydrogens is 278 g/mol. The van der Waals surface area contributed by atoms with Crippen molar-refractivity contribution in [2.75, 3.05) is 7.11 Å². The Labute approximate surface area is 100 Å². The summed E-state index contributed by atoms with van der Waals surface area (Å²) in [6.07, 6.45) is -3.04. The molecule has 0 aromatic carbocycles. The zero-order valence-electron chi connectivity index (χ0n) is 8.32. The lowest BCUT2D eigenvalue weighted by Gasteiger charge is -2.08. The number of rotatable bonds is 3. The Morgan fingerprint density at radius 2 is 2.18 bits per heavy atom. The van der Waals surface area contributed by atoms with Crippen molar-refractivity contribution in [2.45, 2.75) is 11.3 Å². The normalized spacial score (nSPS) is 11.3. The molecule has 0 saturated heterocycles. The SMILES string of the molecule is COc1nc(C#N)c(C(F)F)cc1S(=O)(=O)Cl. The van der Waals surface area contributed by atoms with Crippen LogP contribution in [0.5, 0.6) is 5.88 Å². The average Bonchev–Trinajstić information content (AvgIpc) is 2.25. The summed E-state index contributed by atoms with van der Waals surface area (Å²) in [6, 6.07) is 2.00. The van der Waals surface area contributed by atoms with Gasteiger partial charge in [0, 0.05) is 10.7 Å². The highest BCUT2D eigenvalue weighted by molar-refractivity contribution is 8.13. The first-order valence-corrected chi connectivity index (χ1v) is 6.34. The summed E-state index contributed by atoms with van der Waals surface area (Å²) in [5.41, 5.74) is -1.42. The van der Waals surface area contributed by atoms with Gasteiger partial charge in [-0.05, 0) is 6.07 Å². The maximum atomic E-state index is 12.5. The minimum atomic E-state index is -4.28. The van der Waals surface area contributed by atoms with E-state index in [1.807, 2.05) is 0 Å². The van der Waals surface area contributed by atoms with E-state index in [2.05, 4.69) is 9.72 Å². The number of halogens is 3. The van der Waals surface area contributed by atoms with Crippen LogP contribution < -0.4 is 4.74 Å². The molecule has 0 fully saturated rings. The van der Waals surface area contributed by atoms with Crippen molar-refractivity contribution >= 4 is 19.7 Å². The van der Waals surface area contributed by atoms with Crippen molar-refractivity contribution in [1.29, 1.82) is 5.26 Å². The molecule has 1 rings (SSSR count). The van der Waals surface area contributed by atoms with E-state index < -0.39 is 37.5 Å². The number of nitriles is 1. The molecule has 0 N–H and O–H groups in total. The molecule has 17 heavy (non-hydrogen) atoms. The Kier molecular flexibility index (Phi) is 3.85. The van der Waals surface area contributed by atoms with Gasteiger partial charge >= 0.3 is 0 Å². The third-order valence-electron chi connectivity index (χ3n) is 1.78. The molecule has 1 aromatic rings. The average molecular weight is 283 g/mol. The van der Waals surface area contributed by atoms with Crippen LogP contribution in [-0.2, 0) is 9.05 Å². The Bertz CT molecular complexity index is 583. The number of pyridine rings is 1.